The van der Waals surface area contributed by atoms with Crippen LogP contribution in [0.25, 0.3) is 10.9 Å². The minimum absolute atomic E-state index is 0.0988. The molecule has 0 radical (unpaired) electrons. The lowest BCUT2D eigenvalue weighted by molar-refractivity contribution is 0.0322. The number of nitrogens with one attached hydrogen (secondary N) is 1. The minimum Gasteiger partial charge on any atom is -0.494 e. The summed E-state index contributed by atoms with van der Waals surface area (Å²) in [5.74, 6) is 2.50. The number of nitrogens with zero attached hydrogens (tertiary/aromatic N) is 5. The Bertz CT molecular complexity index is 1190. The molecule has 202 valence electrons. The van der Waals surface area contributed by atoms with E-state index in [0.29, 0.717) is 39.4 Å². The smallest absolute Gasteiger partial charge is 0.321 e. The van der Waals surface area contributed by atoms with Gasteiger partial charge in [-0.15, -0.1) is 0 Å². The zero-order valence-electron chi connectivity index (χ0n) is 22.0. The van der Waals surface area contributed by atoms with Crippen LogP contribution >= 0.6 is 0 Å². The topological polar surface area (TPSA) is 92.3 Å². The van der Waals surface area contributed by atoms with E-state index in [2.05, 4.69) is 32.0 Å². The molecular weight excluding hydrogens is 484 g/mol. The van der Waals surface area contributed by atoms with Crippen molar-refractivity contribution in [2.75, 3.05) is 82.5 Å². The van der Waals surface area contributed by atoms with Gasteiger partial charge in [-0.1, -0.05) is 6.92 Å². The molecule has 0 spiro atoms. The standard InChI is InChI=1S/C28H36N6O4/c1-2-16-37-23-5-3-22(4-6-23)31-28(35)34-11-9-33(10-12-34)27-25-8-7-24(20-26(25)29-21-30-27)38-19-15-32-13-17-36-18-14-32/h3-8,20-21H,2,9-19H2,1H3,(H,31,35). The van der Waals surface area contributed by atoms with Crippen LogP contribution in [-0.4, -0.2) is 98.0 Å². The van der Waals surface area contributed by atoms with Gasteiger partial charge in [0.25, 0.3) is 0 Å². The molecule has 3 aromatic rings. The van der Waals surface area contributed by atoms with Crippen molar-refractivity contribution in [3.05, 3.63) is 48.8 Å². The number of amides is 2. The van der Waals surface area contributed by atoms with E-state index in [1.807, 2.05) is 47.4 Å². The summed E-state index contributed by atoms with van der Waals surface area (Å²) < 4.78 is 17.0. The highest BCUT2D eigenvalue weighted by atomic mass is 16.5. The normalized spacial score (nSPS) is 16.4. The highest BCUT2D eigenvalue weighted by Gasteiger charge is 2.23. The van der Waals surface area contributed by atoms with Crippen molar-refractivity contribution in [3.8, 4) is 11.5 Å². The summed E-state index contributed by atoms with van der Waals surface area (Å²) >= 11 is 0. The fraction of sp³-hybridized carbons (Fsp3) is 0.464. The van der Waals surface area contributed by atoms with Crippen LogP contribution in [0.1, 0.15) is 13.3 Å². The first-order valence-electron chi connectivity index (χ1n) is 13.4. The van der Waals surface area contributed by atoms with E-state index in [4.69, 9.17) is 14.2 Å². The number of rotatable bonds is 9. The van der Waals surface area contributed by atoms with Gasteiger partial charge < -0.3 is 29.3 Å². The Labute approximate surface area is 223 Å². The molecule has 2 aliphatic rings. The number of ether oxygens (including phenoxy) is 3. The first-order chi connectivity index (χ1) is 18.7. The maximum Gasteiger partial charge on any atom is 0.321 e. The lowest BCUT2D eigenvalue weighted by Gasteiger charge is -2.35. The predicted molar refractivity (Wildman–Crippen MR) is 147 cm³/mol. The average Bonchev–Trinajstić information content (AvgIpc) is 2.97. The van der Waals surface area contributed by atoms with Crippen LogP contribution in [-0.2, 0) is 4.74 Å². The molecule has 0 saturated carbocycles. The van der Waals surface area contributed by atoms with E-state index in [9.17, 15) is 4.79 Å². The van der Waals surface area contributed by atoms with Crippen molar-refractivity contribution in [1.82, 2.24) is 19.8 Å². The molecule has 0 unspecified atom stereocenters. The second kappa shape index (κ2) is 12.7. The first-order valence-corrected chi connectivity index (χ1v) is 13.4. The van der Waals surface area contributed by atoms with Gasteiger partial charge in [0.05, 0.1) is 25.3 Å². The van der Waals surface area contributed by atoms with Gasteiger partial charge in [0.15, 0.2) is 0 Å². The van der Waals surface area contributed by atoms with Gasteiger partial charge in [-0.25, -0.2) is 14.8 Å². The molecule has 10 nitrogen and oxygen atoms in total. The van der Waals surface area contributed by atoms with Crippen molar-refractivity contribution in [2.45, 2.75) is 13.3 Å². The zero-order chi connectivity index (χ0) is 26.2. The van der Waals surface area contributed by atoms with E-state index in [-0.39, 0.29) is 6.03 Å². The second-order valence-electron chi connectivity index (χ2n) is 9.46. The van der Waals surface area contributed by atoms with Crippen LogP contribution in [0.15, 0.2) is 48.8 Å². The number of urea groups is 1. The number of piperazine rings is 1. The van der Waals surface area contributed by atoms with Crippen molar-refractivity contribution >= 4 is 28.4 Å². The Kier molecular flexibility index (Phi) is 8.72. The Hall–Kier alpha value is -3.63. The van der Waals surface area contributed by atoms with E-state index in [1.54, 1.807) is 6.33 Å². The third kappa shape index (κ3) is 6.62. The molecule has 1 N–H and O–H groups in total. The molecule has 2 saturated heterocycles. The maximum atomic E-state index is 12.8. The highest BCUT2D eigenvalue weighted by Crippen LogP contribution is 2.27. The van der Waals surface area contributed by atoms with Gasteiger partial charge in [0.1, 0.15) is 30.3 Å². The number of carbonyl (C=O) groups excluding carboxylic acids is 1. The van der Waals surface area contributed by atoms with Crippen LogP contribution < -0.4 is 19.7 Å². The van der Waals surface area contributed by atoms with Crippen LogP contribution in [0.5, 0.6) is 11.5 Å². The first kappa shape index (κ1) is 26.0. The van der Waals surface area contributed by atoms with Gasteiger partial charge in [-0.2, -0.15) is 0 Å². The number of carbonyl (C=O) groups is 1. The highest BCUT2D eigenvalue weighted by molar-refractivity contribution is 5.91. The lowest BCUT2D eigenvalue weighted by Crippen LogP contribution is -2.50. The molecule has 10 heteroatoms. The molecule has 0 aliphatic carbocycles. The van der Waals surface area contributed by atoms with E-state index < -0.39 is 0 Å². The molecule has 5 rings (SSSR count). The number of anilines is 2. The monoisotopic (exact) mass is 520 g/mol. The lowest BCUT2D eigenvalue weighted by atomic mass is 10.2. The summed E-state index contributed by atoms with van der Waals surface area (Å²) in [5.41, 5.74) is 1.61. The molecule has 1 aromatic heterocycles. The largest absolute Gasteiger partial charge is 0.494 e. The van der Waals surface area contributed by atoms with Crippen molar-refractivity contribution < 1.29 is 19.0 Å². The Morgan fingerprint density at radius 1 is 0.921 bits per heavy atom. The van der Waals surface area contributed by atoms with E-state index in [1.165, 1.54) is 0 Å². The summed E-state index contributed by atoms with van der Waals surface area (Å²) in [6.07, 6.45) is 2.56. The summed E-state index contributed by atoms with van der Waals surface area (Å²) in [6.45, 7) is 10.4. The predicted octanol–water partition coefficient (Wildman–Crippen LogP) is 3.48. The number of hydrogen-bond donors (Lipinski definition) is 1. The van der Waals surface area contributed by atoms with E-state index >= 15 is 0 Å². The Morgan fingerprint density at radius 3 is 2.42 bits per heavy atom. The summed E-state index contributed by atoms with van der Waals surface area (Å²) in [7, 11) is 0. The van der Waals surface area contributed by atoms with Crippen LogP contribution in [0, 0.1) is 0 Å². The number of aromatic nitrogens is 2. The molecule has 2 fully saturated rings. The van der Waals surface area contributed by atoms with Crippen molar-refractivity contribution in [1.29, 1.82) is 0 Å². The van der Waals surface area contributed by atoms with Crippen LogP contribution in [0.4, 0.5) is 16.3 Å². The third-order valence-corrected chi connectivity index (χ3v) is 6.81. The molecule has 3 heterocycles. The second-order valence-corrected chi connectivity index (χ2v) is 9.46. The fourth-order valence-corrected chi connectivity index (χ4v) is 4.66. The molecule has 2 aliphatic heterocycles. The number of benzene rings is 2. The van der Waals surface area contributed by atoms with Crippen LogP contribution in [0.2, 0.25) is 0 Å². The van der Waals surface area contributed by atoms with Crippen molar-refractivity contribution in [2.24, 2.45) is 0 Å². The van der Waals surface area contributed by atoms with Gasteiger partial charge in [-0.3, -0.25) is 4.90 Å². The molecular formula is C28H36N6O4. The van der Waals surface area contributed by atoms with Crippen LogP contribution in [0.3, 0.4) is 0 Å². The molecule has 38 heavy (non-hydrogen) atoms. The zero-order valence-corrected chi connectivity index (χ0v) is 22.0. The molecule has 0 atom stereocenters. The van der Waals surface area contributed by atoms with Gasteiger partial charge in [0, 0.05) is 63.0 Å². The molecule has 0 bridgehead atoms. The van der Waals surface area contributed by atoms with Crippen molar-refractivity contribution in [3.63, 3.8) is 0 Å². The maximum absolute atomic E-state index is 12.8. The summed E-state index contributed by atoms with van der Waals surface area (Å²) in [4.78, 5) is 28.3. The molecule has 2 aromatic carbocycles. The number of hydrogen-bond acceptors (Lipinski definition) is 8. The number of morpholine rings is 1. The molecule has 2 amide bonds. The van der Waals surface area contributed by atoms with Gasteiger partial charge in [0.2, 0.25) is 0 Å². The minimum atomic E-state index is -0.0988. The van der Waals surface area contributed by atoms with Gasteiger partial charge >= 0.3 is 6.03 Å². The fourth-order valence-electron chi connectivity index (χ4n) is 4.66. The third-order valence-electron chi connectivity index (χ3n) is 6.81. The quantitative estimate of drug-likeness (QED) is 0.459. The average molecular weight is 521 g/mol. The van der Waals surface area contributed by atoms with Gasteiger partial charge in [-0.05, 0) is 42.8 Å². The Morgan fingerprint density at radius 2 is 1.66 bits per heavy atom. The summed E-state index contributed by atoms with van der Waals surface area (Å²) in [5, 5.41) is 3.97. The number of fused-ring (bicyclic) bond motifs is 1. The van der Waals surface area contributed by atoms with E-state index in [0.717, 1.165) is 73.2 Å². The summed E-state index contributed by atoms with van der Waals surface area (Å²) in [6, 6.07) is 13.4. The SMILES string of the molecule is CCCOc1ccc(NC(=O)N2CCN(c3ncnc4cc(OCCN5CCOCC5)ccc34)CC2)cc1. The Balaban J connectivity index is 1.14.